The second-order valence-corrected chi connectivity index (χ2v) is 5.86. The average Bonchev–Trinajstić information content (AvgIpc) is 3.06. The maximum atomic E-state index is 12.2. The first-order chi connectivity index (χ1) is 11.1. The summed E-state index contributed by atoms with van der Waals surface area (Å²) >= 11 is 0. The number of hydrogen-bond donors (Lipinski definition) is 1. The first-order valence-corrected chi connectivity index (χ1v) is 7.95. The second-order valence-electron chi connectivity index (χ2n) is 5.86. The van der Waals surface area contributed by atoms with E-state index in [9.17, 15) is 4.79 Å². The van der Waals surface area contributed by atoms with Crippen LogP contribution in [0.25, 0.3) is 11.4 Å². The minimum atomic E-state index is -0.325. The summed E-state index contributed by atoms with van der Waals surface area (Å²) in [5.74, 6) is 0.907. The van der Waals surface area contributed by atoms with Crippen LogP contribution in [-0.4, -0.2) is 39.1 Å². The Hall–Kier alpha value is -2.44. The van der Waals surface area contributed by atoms with Crippen LogP contribution in [0.4, 0.5) is 4.79 Å². The summed E-state index contributed by atoms with van der Waals surface area (Å²) in [6, 6.07) is 3.33. The van der Waals surface area contributed by atoms with Crippen LogP contribution in [0.1, 0.15) is 43.8 Å². The Labute approximate surface area is 135 Å². The molecule has 7 nitrogen and oxygen atoms in total. The van der Waals surface area contributed by atoms with Gasteiger partial charge in [0.05, 0.1) is 0 Å². The summed E-state index contributed by atoms with van der Waals surface area (Å²) in [6.45, 7) is 5.37. The predicted molar refractivity (Wildman–Crippen MR) is 84.6 cm³/mol. The van der Waals surface area contributed by atoms with Crippen molar-refractivity contribution in [3.05, 3.63) is 29.9 Å². The number of aryl methyl sites for hydroxylation is 1. The monoisotopic (exact) mass is 315 g/mol. The van der Waals surface area contributed by atoms with Crippen LogP contribution in [-0.2, 0) is 0 Å². The summed E-state index contributed by atoms with van der Waals surface area (Å²) in [7, 11) is 0. The molecule has 2 aromatic rings. The Morgan fingerprint density at radius 1 is 1.35 bits per heavy atom. The van der Waals surface area contributed by atoms with Crippen LogP contribution < -0.4 is 5.32 Å². The molecule has 0 aliphatic carbocycles. The fourth-order valence-electron chi connectivity index (χ4n) is 2.65. The first kappa shape index (κ1) is 15.5. The molecule has 0 saturated carbocycles. The fourth-order valence-corrected chi connectivity index (χ4v) is 2.65. The number of carbonyl (C=O) groups excluding carboxylic acids is 1. The van der Waals surface area contributed by atoms with Crippen molar-refractivity contribution < 1.29 is 9.32 Å². The van der Waals surface area contributed by atoms with Gasteiger partial charge in [0, 0.05) is 30.5 Å². The number of urea groups is 1. The number of aromatic nitrogens is 3. The minimum absolute atomic E-state index is 0.0725. The zero-order chi connectivity index (χ0) is 16.2. The van der Waals surface area contributed by atoms with Crippen LogP contribution in [0.5, 0.6) is 0 Å². The van der Waals surface area contributed by atoms with Gasteiger partial charge in [0.1, 0.15) is 6.04 Å². The highest BCUT2D eigenvalue weighted by Crippen LogP contribution is 2.19. The molecule has 0 spiro atoms. The van der Waals surface area contributed by atoms with Gasteiger partial charge in [-0.15, -0.1) is 0 Å². The highest BCUT2D eigenvalue weighted by molar-refractivity contribution is 5.74. The third-order valence-electron chi connectivity index (χ3n) is 3.95. The molecule has 1 N–H and O–H groups in total. The van der Waals surface area contributed by atoms with Crippen LogP contribution in [0, 0.1) is 6.92 Å². The Kier molecular flexibility index (Phi) is 4.55. The van der Waals surface area contributed by atoms with Gasteiger partial charge in [0.15, 0.2) is 0 Å². The predicted octanol–water partition coefficient (Wildman–Crippen LogP) is 2.70. The van der Waals surface area contributed by atoms with Gasteiger partial charge < -0.3 is 14.7 Å². The van der Waals surface area contributed by atoms with Crippen molar-refractivity contribution in [1.82, 2.24) is 25.3 Å². The molecule has 1 atom stereocenters. The van der Waals surface area contributed by atoms with Crippen LogP contribution >= 0.6 is 0 Å². The summed E-state index contributed by atoms with van der Waals surface area (Å²) in [5.41, 5.74) is 1.74. The van der Waals surface area contributed by atoms with E-state index >= 15 is 0 Å². The third kappa shape index (κ3) is 3.67. The molecule has 122 valence electrons. The zero-order valence-corrected chi connectivity index (χ0v) is 13.5. The Morgan fingerprint density at radius 2 is 2.13 bits per heavy atom. The molecular formula is C16H21N5O2. The van der Waals surface area contributed by atoms with E-state index in [0.717, 1.165) is 37.2 Å². The molecule has 0 bridgehead atoms. The molecule has 1 fully saturated rings. The summed E-state index contributed by atoms with van der Waals surface area (Å²) in [6.07, 6.45) is 5.03. The quantitative estimate of drug-likeness (QED) is 0.941. The van der Waals surface area contributed by atoms with E-state index in [1.807, 2.05) is 30.9 Å². The van der Waals surface area contributed by atoms with E-state index in [1.165, 1.54) is 6.42 Å². The summed E-state index contributed by atoms with van der Waals surface area (Å²) < 4.78 is 5.29. The van der Waals surface area contributed by atoms with E-state index in [2.05, 4.69) is 20.4 Å². The molecule has 2 amide bonds. The van der Waals surface area contributed by atoms with Crippen molar-refractivity contribution in [2.75, 3.05) is 13.1 Å². The van der Waals surface area contributed by atoms with Crippen molar-refractivity contribution in [2.24, 2.45) is 0 Å². The zero-order valence-electron chi connectivity index (χ0n) is 13.5. The molecule has 1 aliphatic heterocycles. The SMILES string of the molecule is Cc1cc(-c2noc([C@H](C)NC(=O)N3CCCCC3)n2)ccn1. The number of hydrogen-bond acceptors (Lipinski definition) is 5. The largest absolute Gasteiger partial charge is 0.337 e. The van der Waals surface area contributed by atoms with Gasteiger partial charge in [0.25, 0.3) is 0 Å². The lowest BCUT2D eigenvalue weighted by atomic mass is 10.1. The highest BCUT2D eigenvalue weighted by Gasteiger charge is 2.21. The molecule has 1 aliphatic rings. The normalized spacial score (nSPS) is 16.2. The van der Waals surface area contributed by atoms with E-state index in [1.54, 1.807) is 6.20 Å². The van der Waals surface area contributed by atoms with E-state index in [-0.39, 0.29) is 12.1 Å². The number of amides is 2. The molecule has 23 heavy (non-hydrogen) atoms. The number of carbonyl (C=O) groups is 1. The van der Waals surface area contributed by atoms with Crippen molar-refractivity contribution >= 4 is 6.03 Å². The number of pyridine rings is 1. The molecule has 3 rings (SSSR count). The van der Waals surface area contributed by atoms with E-state index in [4.69, 9.17) is 4.52 Å². The molecule has 0 aromatic carbocycles. The van der Waals surface area contributed by atoms with E-state index < -0.39 is 0 Å². The Morgan fingerprint density at radius 3 is 2.87 bits per heavy atom. The maximum absolute atomic E-state index is 12.2. The highest BCUT2D eigenvalue weighted by atomic mass is 16.5. The lowest BCUT2D eigenvalue weighted by Gasteiger charge is -2.27. The Balaban J connectivity index is 1.66. The molecule has 7 heteroatoms. The number of piperidine rings is 1. The standard InChI is InChI=1S/C16H21N5O2/c1-11-10-13(6-7-17-11)14-19-15(23-20-14)12(2)18-16(22)21-8-4-3-5-9-21/h6-7,10,12H,3-5,8-9H2,1-2H3,(H,18,22)/t12-/m0/s1. The van der Waals surface area contributed by atoms with Gasteiger partial charge in [-0.25, -0.2) is 4.79 Å². The van der Waals surface area contributed by atoms with Gasteiger partial charge in [-0.2, -0.15) is 4.98 Å². The van der Waals surface area contributed by atoms with Crippen LogP contribution in [0.15, 0.2) is 22.9 Å². The molecule has 1 saturated heterocycles. The number of nitrogens with one attached hydrogen (secondary N) is 1. The van der Waals surface area contributed by atoms with Gasteiger partial charge in [-0.05, 0) is 45.2 Å². The average molecular weight is 315 g/mol. The second kappa shape index (κ2) is 6.76. The molecule has 0 unspecified atom stereocenters. The fraction of sp³-hybridized carbons (Fsp3) is 0.500. The van der Waals surface area contributed by atoms with Crippen molar-refractivity contribution in [3.8, 4) is 11.4 Å². The van der Waals surface area contributed by atoms with Crippen molar-refractivity contribution in [3.63, 3.8) is 0 Å². The van der Waals surface area contributed by atoms with Crippen LogP contribution in [0.3, 0.4) is 0 Å². The lowest BCUT2D eigenvalue weighted by molar-refractivity contribution is 0.180. The molecule has 0 radical (unpaired) electrons. The van der Waals surface area contributed by atoms with Crippen molar-refractivity contribution in [1.29, 1.82) is 0 Å². The molecule has 2 aromatic heterocycles. The molecule has 3 heterocycles. The topological polar surface area (TPSA) is 84.2 Å². The van der Waals surface area contributed by atoms with Gasteiger partial charge in [-0.1, -0.05) is 5.16 Å². The third-order valence-corrected chi connectivity index (χ3v) is 3.95. The Bertz CT molecular complexity index is 679. The lowest BCUT2D eigenvalue weighted by Crippen LogP contribution is -2.43. The summed E-state index contributed by atoms with van der Waals surface area (Å²) in [5, 5.41) is 6.91. The van der Waals surface area contributed by atoms with Crippen LogP contribution in [0.2, 0.25) is 0 Å². The summed E-state index contributed by atoms with van der Waals surface area (Å²) in [4.78, 5) is 22.6. The van der Waals surface area contributed by atoms with E-state index in [0.29, 0.717) is 11.7 Å². The smallest absolute Gasteiger partial charge is 0.318 e. The number of rotatable bonds is 3. The number of nitrogens with zero attached hydrogens (tertiary/aromatic N) is 4. The van der Waals surface area contributed by atoms with Gasteiger partial charge in [0.2, 0.25) is 11.7 Å². The minimum Gasteiger partial charge on any atom is -0.337 e. The maximum Gasteiger partial charge on any atom is 0.318 e. The van der Waals surface area contributed by atoms with Gasteiger partial charge in [-0.3, -0.25) is 4.98 Å². The number of likely N-dealkylation sites (tertiary alicyclic amines) is 1. The first-order valence-electron chi connectivity index (χ1n) is 7.95. The van der Waals surface area contributed by atoms with Crippen molar-refractivity contribution in [2.45, 2.75) is 39.2 Å². The molecular weight excluding hydrogens is 294 g/mol. The van der Waals surface area contributed by atoms with Gasteiger partial charge >= 0.3 is 6.03 Å².